The summed E-state index contributed by atoms with van der Waals surface area (Å²) in [4.78, 5) is 0. The maximum atomic E-state index is 6.26. The van der Waals surface area contributed by atoms with Gasteiger partial charge >= 0.3 is 0 Å². The molecule has 1 aliphatic heterocycles. The quantitative estimate of drug-likeness (QED) is 0.837. The summed E-state index contributed by atoms with van der Waals surface area (Å²) in [6, 6.07) is 8.52. The second-order valence-corrected chi connectivity index (χ2v) is 5.24. The van der Waals surface area contributed by atoms with Gasteiger partial charge in [0.2, 0.25) is 0 Å². The van der Waals surface area contributed by atoms with Gasteiger partial charge in [-0.05, 0) is 62.4 Å². The molecule has 2 rings (SSSR count). The monoisotopic (exact) mass is 248 g/mol. The van der Waals surface area contributed by atoms with E-state index in [1.165, 1.54) is 18.4 Å². The van der Waals surface area contributed by atoms with Gasteiger partial charge in [-0.1, -0.05) is 12.1 Å². The van der Waals surface area contributed by atoms with Gasteiger partial charge in [0.25, 0.3) is 0 Å². The van der Waals surface area contributed by atoms with Crippen molar-refractivity contribution in [3.8, 4) is 5.75 Å². The molecule has 0 bridgehead atoms. The molecule has 0 aliphatic carbocycles. The van der Waals surface area contributed by atoms with Crippen molar-refractivity contribution in [1.82, 2.24) is 5.32 Å². The van der Waals surface area contributed by atoms with E-state index in [0.29, 0.717) is 0 Å². The molecule has 0 aromatic heterocycles. The largest absolute Gasteiger partial charge is 0.497 e. The number of benzene rings is 1. The average molecular weight is 248 g/mol. The normalized spacial score (nSPS) is 18.6. The van der Waals surface area contributed by atoms with Crippen LogP contribution >= 0.6 is 0 Å². The molecule has 1 unspecified atom stereocenters. The fourth-order valence-electron chi connectivity index (χ4n) is 2.69. The van der Waals surface area contributed by atoms with Crippen LogP contribution in [0.1, 0.15) is 24.8 Å². The molecule has 0 spiro atoms. The first-order valence-corrected chi connectivity index (χ1v) is 6.87. The van der Waals surface area contributed by atoms with Gasteiger partial charge in [-0.2, -0.15) is 0 Å². The highest BCUT2D eigenvalue weighted by molar-refractivity contribution is 5.27. The van der Waals surface area contributed by atoms with E-state index in [4.69, 9.17) is 10.5 Å². The second kappa shape index (κ2) is 6.76. The van der Waals surface area contributed by atoms with Crippen LogP contribution in [-0.4, -0.2) is 26.2 Å². The third kappa shape index (κ3) is 4.00. The topological polar surface area (TPSA) is 47.3 Å². The van der Waals surface area contributed by atoms with Crippen LogP contribution in [0.4, 0.5) is 0 Å². The van der Waals surface area contributed by atoms with Gasteiger partial charge in [0.05, 0.1) is 7.11 Å². The molecule has 1 fully saturated rings. The number of hydrogen-bond acceptors (Lipinski definition) is 3. The summed E-state index contributed by atoms with van der Waals surface area (Å²) in [7, 11) is 1.69. The zero-order valence-corrected chi connectivity index (χ0v) is 11.2. The fourth-order valence-corrected chi connectivity index (χ4v) is 2.69. The highest BCUT2D eigenvalue weighted by atomic mass is 16.5. The van der Waals surface area contributed by atoms with E-state index in [1.807, 2.05) is 12.1 Å². The minimum Gasteiger partial charge on any atom is -0.497 e. The van der Waals surface area contributed by atoms with Crippen LogP contribution < -0.4 is 15.8 Å². The molecule has 3 N–H and O–H groups in total. The van der Waals surface area contributed by atoms with Crippen molar-refractivity contribution in [3.05, 3.63) is 29.8 Å². The molecule has 3 nitrogen and oxygen atoms in total. The molecular formula is C15H24N2O. The summed E-state index contributed by atoms with van der Waals surface area (Å²) in [6.45, 7) is 2.31. The van der Waals surface area contributed by atoms with Crippen LogP contribution in [0, 0.1) is 5.92 Å². The lowest BCUT2D eigenvalue weighted by Gasteiger charge is -2.25. The van der Waals surface area contributed by atoms with Crippen LogP contribution in [0.3, 0.4) is 0 Å². The first-order chi connectivity index (χ1) is 8.78. The van der Waals surface area contributed by atoms with Crippen molar-refractivity contribution in [2.75, 3.05) is 20.2 Å². The number of methoxy groups -OCH3 is 1. The summed E-state index contributed by atoms with van der Waals surface area (Å²) in [5.41, 5.74) is 7.56. The Kier molecular flexibility index (Phi) is 5.02. The highest BCUT2D eigenvalue weighted by Crippen LogP contribution is 2.19. The smallest absolute Gasteiger partial charge is 0.118 e. The van der Waals surface area contributed by atoms with Gasteiger partial charge < -0.3 is 15.8 Å². The van der Waals surface area contributed by atoms with E-state index in [9.17, 15) is 0 Å². The minimum absolute atomic E-state index is 0.279. The van der Waals surface area contributed by atoms with Crippen LogP contribution in [0.2, 0.25) is 0 Å². The Morgan fingerprint density at radius 1 is 1.28 bits per heavy atom. The molecular weight excluding hydrogens is 224 g/mol. The van der Waals surface area contributed by atoms with Crippen LogP contribution in [0.15, 0.2) is 24.3 Å². The van der Waals surface area contributed by atoms with Crippen molar-refractivity contribution >= 4 is 0 Å². The molecule has 1 saturated heterocycles. The average Bonchev–Trinajstić information content (AvgIpc) is 2.40. The number of rotatable bonds is 5. The van der Waals surface area contributed by atoms with Gasteiger partial charge in [0.1, 0.15) is 5.75 Å². The summed E-state index contributed by atoms with van der Waals surface area (Å²) in [5.74, 6) is 1.71. The molecule has 100 valence electrons. The fraction of sp³-hybridized carbons (Fsp3) is 0.600. The molecule has 1 heterocycles. The van der Waals surface area contributed by atoms with Gasteiger partial charge in [-0.15, -0.1) is 0 Å². The summed E-state index contributed by atoms with van der Waals surface area (Å²) < 4.78 is 5.16. The van der Waals surface area contributed by atoms with E-state index < -0.39 is 0 Å². The van der Waals surface area contributed by atoms with E-state index in [1.54, 1.807) is 7.11 Å². The lowest BCUT2D eigenvalue weighted by atomic mass is 9.89. The van der Waals surface area contributed by atoms with Gasteiger partial charge in [-0.3, -0.25) is 0 Å². The molecule has 18 heavy (non-hydrogen) atoms. The number of ether oxygens (including phenoxy) is 1. The predicted molar refractivity (Wildman–Crippen MR) is 74.9 cm³/mol. The van der Waals surface area contributed by atoms with Gasteiger partial charge in [0, 0.05) is 6.04 Å². The van der Waals surface area contributed by atoms with Gasteiger partial charge in [-0.25, -0.2) is 0 Å². The van der Waals surface area contributed by atoms with Crippen LogP contribution in [0.25, 0.3) is 0 Å². The maximum Gasteiger partial charge on any atom is 0.118 e. The Labute approximate surface area is 110 Å². The third-order valence-electron chi connectivity index (χ3n) is 3.75. The number of piperidine rings is 1. The van der Waals surface area contributed by atoms with Crippen molar-refractivity contribution < 1.29 is 4.74 Å². The van der Waals surface area contributed by atoms with E-state index >= 15 is 0 Å². The molecule has 0 saturated carbocycles. The first kappa shape index (κ1) is 13.4. The maximum absolute atomic E-state index is 6.26. The summed E-state index contributed by atoms with van der Waals surface area (Å²) in [6.07, 6.45) is 4.66. The molecule has 1 aromatic rings. The van der Waals surface area contributed by atoms with Crippen molar-refractivity contribution in [2.24, 2.45) is 11.7 Å². The molecule has 0 amide bonds. The Hall–Kier alpha value is -1.06. The molecule has 1 atom stereocenters. The highest BCUT2D eigenvalue weighted by Gasteiger charge is 2.16. The standard InChI is InChI=1S/C15H24N2O/c1-18-15-4-2-12(3-5-15)10-14(16)11-13-6-8-17-9-7-13/h2-5,13-14,17H,6-11,16H2,1H3. The zero-order valence-electron chi connectivity index (χ0n) is 11.2. The van der Waals surface area contributed by atoms with Crippen molar-refractivity contribution in [3.63, 3.8) is 0 Å². The van der Waals surface area contributed by atoms with E-state index in [2.05, 4.69) is 17.4 Å². The second-order valence-electron chi connectivity index (χ2n) is 5.24. The third-order valence-corrected chi connectivity index (χ3v) is 3.75. The Morgan fingerprint density at radius 3 is 2.56 bits per heavy atom. The molecule has 1 aromatic carbocycles. The number of nitrogens with two attached hydrogens (primary N) is 1. The summed E-state index contributed by atoms with van der Waals surface area (Å²) >= 11 is 0. The summed E-state index contributed by atoms with van der Waals surface area (Å²) in [5, 5.41) is 3.40. The Morgan fingerprint density at radius 2 is 1.94 bits per heavy atom. The SMILES string of the molecule is COc1ccc(CC(N)CC2CCNCC2)cc1. The lowest BCUT2D eigenvalue weighted by Crippen LogP contribution is -2.33. The van der Waals surface area contributed by atoms with Crippen LogP contribution in [0.5, 0.6) is 5.75 Å². The Balaban J connectivity index is 1.80. The van der Waals surface area contributed by atoms with E-state index in [0.717, 1.165) is 37.6 Å². The van der Waals surface area contributed by atoms with Crippen molar-refractivity contribution in [1.29, 1.82) is 0 Å². The molecule has 1 aliphatic rings. The van der Waals surface area contributed by atoms with Crippen LogP contribution in [-0.2, 0) is 6.42 Å². The minimum atomic E-state index is 0.279. The predicted octanol–water partition coefficient (Wildman–Crippen LogP) is 1.95. The lowest BCUT2D eigenvalue weighted by molar-refractivity contribution is 0.330. The Bertz CT molecular complexity index is 344. The number of nitrogens with one attached hydrogen (secondary N) is 1. The molecule has 3 heteroatoms. The van der Waals surface area contributed by atoms with Gasteiger partial charge in [0.15, 0.2) is 0 Å². The van der Waals surface area contributed by atoms with E-state index in [-0.39, 0.29) is 6.04 Å². The zero-order chi connectivity index (χ0) is 12.8. The van der Waals surface area contributed by atoms with Crippen molar-refractivity contribution in [2.45, 2.75) is 31.7 Å². The molecule has 0 radical (unpaired) electrons. The first-order valence-electron chi connectivity index (χ1n) is 6.87. The number of hydrogen-bond donors (Lipinski definition) is 2.